The van der Waals surface area contributed by atoms with E-state index in [0.717, 1.165) is 0 Å². The Hall–Kier alpha value is -2.69. The van der Waals surface area contributed by atoms with Crippen LogP contribution in [0.5, 0.6) is 11.5 Å². The van der Waals surface area contributed by atoms with Gasteiger partial charge in [-0.2, -0.15) is 0 Å². The number of carbonyl (C=O) groups excluding carboxylic acids is 1. The molecular weight excluding hydrogens is 256 g/mol. The maximum Gasteiger partial charge on any atom is 0.258 e. The number of rotatable bonds is 3. The maximum absolute atomic E-state index is 12.5. The van der Waals surface area contributed by atoms with E-state index in [1.165, 1.54) is 23.1 Å². The highest BCUT2D eigenvalue weighted by molar-refractivity contribution is 6.07. The molecule has 5 heteroatoms. The molecular formula is C15H16N2O3. The molecule has 0 aromatic heterocycles. The Kier molecular flexibility index (Phi) is 3.79. The van der Waals surface area contributed by atoms with Gasteiger partial charge in [-0.25, -0.2) is 0 Å². The van der Waals surface area contributed by atoms with Crippen LogP contribution in [-0.4, -0.2) is 22.7 Å². The zero-order chi connectivity index (χ0) is 14.7. The predicted molar refractivity (Wildman–Crippen MR) is 78.0 cm³/mol. The number of nitrogen functional groups attached to an aromatic ring is 1. The van der Waals surface area contributed by atoms with Crippen molar-refractivity contribution in [2.24, 2.45) is 0 Å². The van der Waals surface area contributed by atoms with E-state index in [-0.39, 0.29) is 23.0 Å². The van der Waals surface area contributed by atoms with E-state index in [0.29, 0.717) is 17.9 Å². The molecule has 0 fully saturated rings. The monoisotopic (exact) mass is 272 g/mol. The third-order valence-corrected chi connectivity index (χ3v) is 3.01. The predicted octanol–water partition coefficient (Wildman–Crippen LogP) is 2.35. The Morgan fingerprint density at radius 2 is 1.85 bits per heavy atom. The minimum absolute atomic E-state index is 0.260. The maximum atomic E-state index is 12.5. The molecule has 20 heavy (non-hydrogen) atoms. The highest BCUT2D eigenvalue weighted by Gasteiger charge is 2.18. The number of hydrogen-bond donors (Lipinski definition) is 3. The van der Waals surface area contributed by atoms with Crippen LogP contribution < -0.4 is 10.6 Å². The lowest BCUT2D eigenvalue weighted by molar-refractivity contribution is 0.0988. The highest BCUT2D eigenvalue weighted by atomic mass is 16.3. The molecule has 0 saturated heterocycles. The average Bonchev–Trinajstić information content (AvgIpc) is 2.44. The number of carbonyl (C=O) groups is 1. The number of nitrogens with two attached hydrogens (primary N) is 1. The van der Waals surface area contributed by atoms with Crippen LogP contribution in [0.3, 0.4) is 0 Å². The Morgan fingerprint density at radius 3 is 2.45 bits per heavy atom. The number of benzene rings is 2. The number of para-hydroxylation sites is 2. The number of phenols is 2. The zero-order valence-electron chi connectivity index (χ0n) is 11.1. The Morgan fingerprint density at radius 1 is 1.15 bits per heavy atom. The molecule has 0 unspecified atom stereocenters. The Balaban J connectivity index is 2.39. The molecule has 0 radical (unpaired) electrons. The van der Waals surface area contributed by atoms with E-state index in [1.54, 1.807) is 24.3 Å². The van der Waals surface area contributed by atoms with Crippen molar-refractivity contribution in [2.45, 2.75) is 6.92 Å². The average molecular weight is 272 g/mol. The second-order valence-corrected chi connectivity index (χ2v) is 4.31. The Bertz CT molecular complexity index is 641. The molecule has 1 amide bonds. The third-order valence-electron chi connectivity index (χ3n) is 3.01. The van der Waals surface area contributed by atoms with E-state index < -0.39 is 0 Å². The van der Waals surface area contributed by atoms with Gasteiger partial charge in [-0.1, -0.05) is 12.1 Å². The molecule has 5 nitrogen and oxygen atoms in total. The van der Waals surface area contributed by atoms with Gasteiger partial charge in [0.15, 0.2) is 11.5 Å². The van der Waals surface area contributed by atoms with Crippen molar-refractivity contribution in [3.05, 3.63) is 48.0 Å². The minimum Gasteiger partial charge on any atom is -0.504 e. The van der Waals surface area contributed by atoms with Crippen molar-refractivity contribution >= 4 is 17.3 Å². The van der Waals surface area contributed by atoms with Gasteiger partial charge in [0.05, 0.1) is 11.4 Å². The van der Waals surface area contributed by atoms with Crippen molar-refractivity contribution < 1.29 is 15.0 Å². The number of anilines is 2. The molecule has 0 aliphatic rings. The first kappa shape index (κ1) is 13.7. The van der Waals surface area contributed by atoms with Crippen LogP contribution in [0.15, 0.2) is 42.5 Å². The number of hydrogen-bond acceptors (Lipinski definition) is 4. The summed E-state index contributed by atoms with van der Waals surface area (Å²) in [7, 11) is 0. The largest absolute Gasteiger partial charge is 0.504 e. The summed E-state index contributed by atoms with van der Waals surface area (Å²) in [5.41, 5.74) is 7.29. The molecule has 2 aromatic carbocycles. The first-order valence-electron chi connectivity index (χ1n) is 6.23. The van der Waals surface area contributed by atoms with Crippen LogP contribution >= 0.6 is 0 Å². The molecule has 0 saturated carbocycles. The fourth-order valence-corrected chi connectivity index (χ4v) is 1.97. The molecule has 0 atom stereocenters. The summed E-state index contributed by atoms with van der Waals surface area (Å²) in [6.07, 6.45) is 0. The van der Waals surface area contributed by atoms with Crippen molar-refractivity contribution in [1.82, 2.24) is 0 Å². The fraction of sp³-hybridized carbons (Fsp3) is 0.133. The Labute approximate surface area is 116 Å². The molecule has 0 heterocycles. The van der Waals surface area contributed by atoms with Gasteiger partial charge < -0.3 is 20.8 Å². The van der Waals surface area contributed by atoms with Crippen molar-refractivity contribution in [1.29, 1.82) is 0 Å². The third kappa shape index (κ3) is 2.51. The van der Waals surface area contributed by atoms with Gasteiger partial charge in [0.2, 0.25) is 0 Å². The van der Waals surface area contributed by atoms with Crippen molar-refractivity contribution in [3.63, 3.8) is 0 Å². The van der Waals surface area contributed by atoms with E-state index >= 15 is 0 Å². The van der Waals surface area contributed by atoms with Gasteiger partial charge in [0.1, 0.15) is 0 Å². The van der Waals surface area contributed by atoms with Gasteiger partial charge in [0.25, 0.3) is 5.91 Å². The molecule has 2 aromatic rings. The van der Waals surface area contributed by atoms with Crippen molar-refractivity contribution in [3.8, 4) is 11.5 Å². The molecule has 0 bridgehead atoms. The van der Waals surface area contributed by atoms with Crippen LogP contribution in [0, 0.1) is 0 Å². The SMILES string of the molecule is CCN(C(=O)c1ccc(O)c(O)c1)c1ccccc1N. The summed E-state index contributed by atoms with van der Waals surface area (Å²) < 4.78 is 0. The number of phenolic OH excluding ortho intramolecular Hbond substituents is 2. The summed E-state index contributed by atoms with van der Waals surface area (Å²) in [6, 6.07) is 11.1. The quantitative estimate of drug-likeness (QED) is 0.591. The van der Waals surface area contributed by atoms with Crippen LogP contribution in [0.2, 0.25) is 0 Å². The summed E-state index contributed by atoms with van der Waals surface area (Å²) in [4.78, 5) is 14.0. The summed E-state index contributed by atoms with van der Waals surface area (Å²) >= 11 is 0. The van der Waals surface area contributed by atoms with Crippen LogP contribution in [0.4, 0.5) is 11.4 Å². The van der Waals surface area contributed by atoms with Gasteiger partial charge in [-0.3, -0.25) is 4.79 Å². The molecule has 0 aliphatic heterocycles. The van der Waals surface area contributed by atoms with Gasteiger partial charge in [-0.15, -0.1) is 0 Å². The topological polar surface area (TPSA) is 86.8 Å². The van der Waals surface area contributed by atoms with E-state index in [1.807, 2.05) is 6.92 Å². The van der Waals surface area contributed by atoms with Crippen LogP contribution in [0.1, 0.15) is 17.3 Å². The van der Waals surface area contributed by atoms with E-state index in [9.17, 15) is 15.0 Å². The summed E-state index contributed by atoms with van der Waals surface area (Å²) in [6.45, 7) is 2.28. The first-order chi connectivity index (χ1) is 9.54. The summed E-state index contributed by atoms with van der Waals surface area (Å²) in [5, 5.41) is 18.8. The lowest BCUT2D eigenvalue weighted by Crippen LogP contribution is -2.31. The number of amides is 1. The normalized spacial score (nSPS) is 10.2. The summed E-state index contributed by atoms with van der Waals surface area (Å²) in [5.74, 6) is -0.877. The van der Waals surface area contributed by atoms with Crippen molar-refractivity contribution in [2.75, 3.05) is 17.2 Å². The lowest BCUT2D eigenvalue weighted by Gasteiger charge is -2.22. The highest BCUT2D eigenvalue weighted by Crippen LogP contribution is 2.28. The smallest absolute Gasteiger partial charge is 0.258 e. The van der Waals surface area contributed by atoms with Gasteiger partial charge >= 0.3 is 0 Å². The first-order valence-corrected chi connectivity index (χ1v) is 6.23. The second-order valence-electron chi connectivity index (χ2n) is 4.31. The van der Waals surface area contributed by atoms with E-state index in [4.69, 9.17) is 5.73 Å². The van der Waals surface area contributed by atoms with E-state index in [2.05, 4.69) is 0 Å². The molecule has 2 rings (SSSR count). The standard InChI is InChI=1S/C15H16N2O3/c1-2-17(12-6-4-3-5-11(12)16)15(20)10-7-8-13(18)14(19)9-10/h3-9,18-19H,2,16H2,1H3. The number of aromatic hydroxyl groups is 2. The molecule has 4 N–H and O–H groups in total. The molecule has 0 spiro atoms. The lowest BCUT2D eigenvalue weighted by atomic mass is 10.1. The second kappa shape index (κ2) is 5.52. The minimum atomic E-state index is -0.326. The van der Waals surface area contributed by atoms with Crippen LogP contribution in [0.25, 0.3) is 0 Å². The molecule has 104 valence electrons. The van der Waals surface area contributed by atoms with Gasteiger partial charge in [-0.05, 0) is 37.3 Å². The fourth-order valence-electron chi connectivity index (χ4n) is 1.97. The molecule has 0 aliphatic carbocycles. The van der Waals surface area contributed by atoms with Gasteiger partial charge in [0, 0.05) is 12.1 Å². The zero-order valence-corrected chi connectivity index (χ0v) is 11.1. The van der Waals surface area contributed by atoms with Crippen LogP contribution in [-0.2, 0) is 0 Å². The number of nitrogens with zero attached hydrogens (tertiary/aromatic N) is 1.